The minimum Gasteiger partial charge on any atom is -0.460 e. The maximum atomic E-state index is 13.0. The average Bonchev–Trinajstić information content (AvgIpc) is 2.73. The lowest BCUT2D eigenvalue weighted by Gasteiger charge is -2.21. The lowest BCUT2D eigenvalue weighted by atomic mass is 9.89. The van der Waals surface area contributed by atoms with Crippen molar-refractivity contribution in [3.05, 3.63) is 83.4 Å². The van der Waals surface area contributed by atoms with Gasteiger partial charge in [0.05, 0.1) is 5.92 Å². The summed E-state index contributed by atoms with van der Waals surface area (Å²) in [5, 5.41) is 0. The number of rotatable bonds is 6. The summed E-state index contributed by atoms with van der Waals surface area (Å²) in [4.78, 5) is 22.0. The van der Waals surface area contributed by atoms with Crippen molar-refractivity contribution in [2.24, 2.45) is 5.92 Å². The lowest BCUT2D eigenvalue weighted by Crippen LogP contribution is -2.23. The second-order valence-corrected chi connectivity index (χ2v) is 9.38. The number of hydrogen-bond acceptors (Lipinski definition) is 4. The summed E-state index contributed by atoms with van der Waals surface area (Å²) >= 11 is 0. The van der Waals surface area contributed by atoms with E-state index < -0.39 is 5.92 Å². The Labute approximate surface area is 185 Å². The molecule has 2 aromatic carbocycles. The van der Waals surface area contributed by atoms with Gasteiger partial charge in [-0.1, -0.05) is 83.1 Å². The molecule has 1 aromatic heterocycles. The average molecular weight is 417 g/mol. The summed E-state index contributed by atoms with van der Waals surface area (Å²) in [7, 11) is 0. The highest BCUT2D eigenvalue weighted by atomic mass is 16.5. The Morgan fingerprint density at radius 1 is 0.968 bits per heavy atom. The zero-order valence-corrected chi connectivity index (χ0v) is 19.3. The fraction of sp³-hybridized carbons (Fsp3) is 0.370. The molecule has 162 valence electrons. The Kier molecular flexibility index (Phi) is 6.89. The van der Waals surface area contributed by atoms with Crippen molar-refractivity contribution in [2.75, 3.05) is 0 Å². The molecule has 4 heteroatoms. The number of hydrogen-bond donors (Lipinski definition) is 0. The second kappa shape index (κ2) is 9.42. The van der Waals surface area contributed by atoms with Crippen LogP contribution in [0.4, 0.5) is 0 Å². The van der Waals surface area contributed by atoms with Gasteiger partial charge in [-0.2, -0.15) is 0 Å². The van der Waals surface area contributed by atoms with Crippen molar-refractivity contribution in [1.82, 2.24) is 9.97 Å². The lowest BCUT2D eigenvalue weighted by molar-refractivity contribution is -0.148. The highest BCUT2D eigenvalue weighted by Gasteiger charge is 2.27. The van der Waals surface area contributed by atoms with Crippen LogP contribution < -0.4 is 0 Å². The van der Waals surface area contributed by atoms with Crippen LogP contribution in [0.15, 0.2) is 60.9 Å². The zero-order valence-electron chi connectivity index (χ0n) is 19.3. The van der Waals surface area contributed by atoms with Gasteiger partial charge in [-0.3, -0.25) is 4.79 Å². The third-order valence-electron chi connectivity index (χ3n) is 5.52. The molecule has 0 N–H and O–H groups in total. The van der Waals surface area contributed by atoms with E-state index in [2.05, 4.69) is 55.9 Å². The zero-order chi connectivity index (χ0) is 22.6. The monoisotopic (exact) mass is 416 g/mol. The van der Waals surface area contributed by atoms with Crippen LogP contribution in [0.2, 0.25) is 0 Å². The van der Waals surface area contributed by atoms with Crippen LogP contribution in [-0.4, -0.2) is 15.9 Å². The standard InChI is InChI=1S/C27H32N2O2/c1-18(2)24(22-15-28-26(29-16-22)27(4,5)6)25(30)31-17-21-13-10-14-23(19(21)3)20-11-8-7-9-12-20/h7-16,18,24H,17H2,1-6H3. The molecular formula is C27H32N2O2. The molecule has 0 saturated heterocycles. The first-order valence-electron chi connectivity index (χ1n) is 10.8. The molecule has 1 heterocycles. The van der Waals surface area contributed by atoms with E-state index >= 15 is 0 Å². The van der Waals surface area contributed by atoms with E-state index in [1.165, 1.54) is 0 Å². The first kappa shape index (κ1) is 22.7. The van der Waals surface area contributed by atoms with Gasteiger partial charge in [0.1, 0.15) is 12.4 Å². The maximum Gasteiger partial charge on any atom is 0.314 e. The largest absolute Gasteiger partial charge is 0.460 e. The number of nitrogens with zero attached hydrogens (tertiary/aromatic N) is 2. The number of carbonyl (C=O) groups is 1. The summed E-state index contributed by atoms with van der Waals surface area (Å²) in [5.41, 5.74) is 5.11. The van der Waals surface area contributed by atoms with Gasteiger partial charge in [-0.15, -0.1) is 0 Å². The van der Waals surface area contributed by atoms with E-state index in [1.807, 2.05) is 44.2 Å². The first-order chi connectivity index (χ1) is 14.7. The van der Waals surface area contributed by atoms with Crippen LogP contribution in [0.5, 0.6) is 0 Å². The van der Waals surface area contributed by atoms with Crippen LogP contribution >= 0.6 is 0 Å². The van der Waals surface area contributed by atoms with Crippen LogP contribution in [0.25, 0.3) is 11.1 Å². The summed E-state index contributed by atoms with van der Waals surface area (Å²) < 4.78 is 5.78. The van der Waals surface area contributed by atoms with E-state index in [1.54, 1.807) is 12.4 Å². The van der Waals surface area contributed by atoms with Gasteiger partial charge >= 0.3 is 5.97 Å². The molecule has 3 aromatic rings. The Morgan fingerprint density at radius 2 is 1.61 bits per heavy atom. The van der Waals surface area contributed by atoms with E-state index in [0.717, 1.165) is 33.6 Å². The van der Waals surface area contributed by atoms with E-state index in [-0.39, 0.29) is 23.9 Å². The fourth-order valence-electron chi connectivity index (χ4n) is 3.69. The molecule has 0 aliphatic heterocycles. The van der Waals surface area contributed by atoms with Gasteiger partial charge in [0.2, 0.25) is 0 Å². The number of esters is 1. The third kappa shape index (κ3) is 5.38. The Bertz CT molecular complexity index is 1020. The summed E-state index contributed by atoms with van der Waals surface area (Å²) in [6.45, 7) is 12.6. The molecule has 31 heavy (non-hydrogen) atoms. The Balaban J connectivity index is 1.77. The van der Waals surface area contributed by atoms with Crippen molar-refractivity contribution < 1.29 is 9.53 Å². The summed E-state index contributed by atoms with van der Waals surface area (Å²) in [6.07, 6.45) is 3.53. The van der Waals surface area contributed by atoms with Crippen molar-refractivity contribution in [3.63, 3.8) is 0 Å². The van der Waals surface area contributed by atoms with Crippen molar-refractivity contribution in [3.8, 4) is 11.1 Å². The van der Waals surface area contributed by atoms with E-state index in [0.29, 0.717) is 0 Å². The van der Waals surface area contributed by atoms with Crippen molar-refractivity contribution >= 4 is 5.97 Å². The van der Waals surface area contributed by atoms with Gasteiger partial charge < -0.3 is 4.74 Å². The first-order valence-corrected chi connectivity index (χ1v) is 10.8. The molecule has 0 bridgehead atoms. The molecule has 0 amide bonds. The predicted molar refractivity (Wildman–Crippen MR) is 125 cm³/mol. The highest BCUT2D eigenvalue weighted by molar-refractivity contribution is 5.78. The minimum absolute atomic E-state index is 0.0772. The molecule has 1 unspecified atom stereocenters. The molecule has 0 saturated carbocycles. The van der Waals surface area contributed by atoms with Gasteiger partial charge in [0, 0.05) is 23.4 Å². The van der Waals surface area contributed by atoms with Gasteiger partial charge in [0.25, 0.3) is 0 Å². The highest BCUT2D eigenvalue weighted by Crippen LogP contribution is 2.29. The minimum atomic E-state index is -0.397. The van der Waals surface area contributed by atoms with E-state index in [9.17, 15) is 4.79 Å². The smallest absolute Gasteiger partial charge is 0.314 e. The van der Waals surface area contributed by atoms with Gasteiger partial charge in [-0.05, 0) is 35.1 Å². The van der Waals surface area contributed by atoms with Crippen LogP contribution in [-0.2, 0) is 21.6 Å². The SMILES string of the molecule is Cc1c(COC(=O)C(c2cnc(C(C)(C)C)nc2)C(C)C)cccc1-c1ccccc1. The number of benzene rings is 2. The summed E-state index contributed by atoms with van der Waals surface area (Å²) in [5.74, 6) is 0.201. The quantitative estimate of drug-likeness (QED) is 0.447. The second-order valence-electron chi connectivity index (χ2n) is 9.38. The number of carbonyl (C=O) groups excluding carboxylic acids is 1. The number of ether oxygens (including phenoxy) is 1. The van der Waals surface area contributed by atoms with Gasteiger partial charge in [-0.25, -0.2) is 9.97 Å². The maximum absolute atomic E-state index is 13.0. The van der Waals surface area contributed by atoms with E-state index in [4.69, 9.17) is 4.74 Å². The Hall–Kier alpha value is -3.01. The topological polar surface area (TPSA) is 52.1 Å². The van der Waals surface area contributed by atoms with Crippen LogP contribution in [0, 0.1) is 12.8 Å². The number of aromatic nitrogens is 2. The van der Waals surface area contributed by atoms with Gasteiger partial charge in [0.15, 0.2) is 0 Å². The molecule has 0 aliphatic carbocycles. The molecule has 0 fully saturated rings. The molecular weight excluding hydrogens is 384 g/mol. The molecule has 4 nitrogen and oxygen atoms in total. The molecule has 0 spiro atoms. The summed E-state index contributed by atoms with van der Waals surface area (Å²) in [6, 6.07) is 16.4. The Morgan fingerprint density at radius 3 is 2.19 bits per heavy atom. The molecule has 1 atom stereocenters. The fourth-order valence-corrected chi connectivity index (χ4v) is 3.69. The van der Waals surface area contributed by atoms with Crippen LogP contribution in [0.3, 0.4) is 0 Å². The molecule has 0 radical (unpaired) electrons. The van der Waals surface area contributed by atoms with Crippen molar-refractivity contribution in [1.29, 1.82) is 0 Å². The normalized spacial score (nSPS) is 12.6. The predicted octanol–water partition coefficient (Wildman–Crippen LogP) is 6.23. The van der Waals surface area contributed by atoms with Crippen molar-refractivity contribution in [2.45, 2.75) is 59.5 Å². The third-order valence-corrected chi connectivity index (χ3v) is 5.52. The molecule has 0 aliphatic rings. The van der Waals surface area contributed by atoms with Crippen LogP contribution in [0.1, 0.15) is 63.1 Å². The molecule has 3 rings (SSSR count).